The maximum Gasteiger partial charge on any atom is 0.503 e. The van der Waals surface area contributed by atoms with Gasteiger partial charge in [-0.2, -0.15) is 0 Å². The number of benzene rings is 1. The van der Waals surface area contributed by atoms with Crippen LogP contribution in [-0.4, -0.2) is 21.5 Å². The summed E-state index contributed by atoms with van der Waals surface area (Å²) in [5, 5.41) is 25.7. The van der Waals surface area contributed by atoms with Gasteiger partial charge in [0.1, 0.15) is 5.60 Å². The third-order valence-electron chi connectivity index (χ3n) is 3.23. The molecule has 0 saturated heterocycles. The standard InChI is InChI=1S/C14H16Cl2O.CH2O3/c1-9-5-10(2)8-14(17,7-9)11-3-4-12(15)13(16)6-11;2-1(3)4/h3-4,6-7,10,17H,5,8H2,1-2H3;(H2,2,3,4). The first-order valence-corrected chi connectivity index (χ1v) is 7.18. The highest BCUT2D eigenvalue weighted by molar-refractivity contribution is 6.42. The first-order chi connectivity index (χ1) is 9.64. The predicted molar refractivity (Wildman–Crippen MR) is 83.2 cm³/mol. The number of rotatable bonds is 1. The molecule has 1 aliphatic rings. The van der Waals surface area contributed by atoms with Crippen molar-refractivity contribution in [3.05, 3.63) is 45.5 Å². The molecule has 0 spiro atoms. The van der Waals surface area contributed by atoms with Crippen LogP contribution in [-0.2, 0) is 5.60 Å². The molecule has 3 N–H and O–H groups in total. The zero-order valence-corrected chi connectivity index (χ0v) is 13.3. The second-order valence-corrected chi connectivity index (χ2v) is 6.15. The SMILES string of the molecule is CC1=CC(O)(c2ccc(Cl)c(Cl)c2)CC(C)C1.O=C(O)O. The van der Waals surface area contributed by atoms with Crippen molar-refractivity contribution < 1.29 is 20.1 Å². The first kappa shape index (κ1) is 17.8. The summed E-state index contributed by atoms with van der Waals surface area (Å²) < 4.78 is 0. The zero-order valence-electron chi connectivity index (χ0n) is 11.8. The van der Waals surface area contributed by atoms with Crippen molar-refractivity contribution >= 4 is 29.4 Å². The van der Waals surface area contributed by atoms with Crippen LogP contribution in [0.4, 0.5) is 4.79 Å². The van der Waals surface area contributed by atoms with Gasteiger partial charge in [-0.15, -0.1) is 0 Å². The number of aliphatic hydroxyl groups is 1. The van der Waals surface area contributed by atoms with Gasteiger partial charge in [0.2, 0.25) is 0 Å². The molecular weight excluding hydrogens is 315 g/mol. The van der Waals surface area contributed by atoms with E-state index in [0.29, 0.717) is 16.0 Å². The number of halogens is 2. The third-order valence-corrected chi connectivity index (χ3v) is 3.97. The fourth-order valence-electron chi connectivity index (χ4n) is 2.65. The average Bonchev–Trinajstić information content (AvgIpc) is 2.30. The van der Waals surface area contributed by atoms with E-state index in [1.54, 1.807) is 12.1 Å². The lowest BCUT2D eigenvalue weighted by Crippen LogP contribution is -2.29. The number of hydrogen-bond acceptors (Lipinski definition) is 2. The van der Waals surface area contributed by atoms with Crippen molar-refractivity contribution in [3.63, 3.8) is 0 Å². The van der Waals surface area contributed by atoms with Crippen LogP contribution in [0.2, 0.25) is 10.0 Å². The molecule has 1 aromatic rings. The van der Waals surface area contributed by atoms with E-state index in [1.165, 1.54) is 5.57 Å². The zero-order chi connectivity index (χ0) is 16.2. The van der Waals surface area contributed by atoms with Crippen molar-refractivity contribution in [2.75, 3.05) is 0 Å². The second kappa shape index (κ2) is 7.16. The molecule has 0 heterocycles. The Kier molecular flexibility index (Phi) is 6.08. The highest BCUT2D eigenvalue weighted by atomic mass is 35.5. The minimum absolute atomic E-state index is 0.472. The van der Waals surface area contributed by atoms with E-state index >= 15 is 0 Å². The molecule has 0 aromatic heterocycles. The molecule has 1 aliphatic carbocycles. The van der Waals surface area contributed by atoms with Crippen molar-refractivity contribution in [2.24, 2.45) is 5.92 Å². The lowest BCUT2D eigenvalue weighted by Gasteiger charge is -2.33. The topological polar surface area (TPSA) is 77.8 Å². The van der Waals surface area contributed by atoms with E-state index in [1.807, 2.05) is 12.1 Å². The summed E-state index contributed by atoms with van der Waals surface area (Å²) in [7, 11) is 0. The lowest BCUT2D eigenvalue weighted by molar-refractivity contribution is 0.0547. The fraction of sp³-hybridized carbons (Fsp3) is 0.400. The minimum Gasteiger partial charge on any atom is -0.450 e. The van der Waals surface area contributed by atoms with E-state index in [9.17, 15) is 5.11 Å². The molecule has 0 saturated carbocycles. The number of carboxylic acid groups (broad SMARTS) is 2. The molecule has 0 bridgehead atoms. The molecule has 21 heavy (non-hydrogen) atoms. The molecule has 0 radical (unpaired) electrons. The minimum atomic E-state index is -1.83. The predicted octanol–water partition coefficient (Wildman–Crippen LogP) is 4.78. The molecule has 0 aliphatic heterocycles. The van der Waals surface area contributed by atoms with Gasteiger partial charge in [-0.05, 0) is 49.5 Å². The summed E-state index contributed by atoms with van der Waals surface area (Å²) in [6.07, 6.45) is 1.87. The molecule has 116 valence electrons. The van der Waals surface area contributed by atoms with Gasteiger partial charge >= 0.3 is 6.16 Å². The molecule has 6 heteroatoms. The molecule has 4 nitrogen and oxygen atoms in total. The smallest absolute Gasteiger partial charge is 0.450 e. The van der Waals surface area contributed by atoms with Gasteiger partial charge in [0.05, 0.1) is 10.0 Å². The van der Waals surface area contributed by atoms with E-state index in [0.717, 1.165) is 18.4 Å². The Labute approximate surface area is 133 Å². The van der Waals surface area contributed by atoms with Crippen molar-refractivity contribution in [2.45, 2.75) is 32.3 Å². The van der Waals surface area contributed by atoms with Crippen LogP contribution < -0.4 is 0 Å². The summed E-state index contributed by atoms with van der Waals surface area (Å²) >= 11 is 11.9. The van der Waals surface area contributed by atoms with Crippen LogP contribution >= 0.6 is 23.2 Å². The Morgan fingerprint density at radius 2 is 1.86 bits per heavy atom. The fourth-order valence-corrected chi connectivity index (χ4v) is 2.94. The Hall–Kier alpha value is -1.23. The van der Waals surface area contributed by atoms with Crippen LogP contribution in [0.15, 0.2) is 29.8 Å². The van der Waals surface area contributed by atoms with Gasteiger partial charge in [-0.3, -0.25) is 0 Å². The molecular formula is C15H18Cl2O4. The van der Waals surface area contributed by atoms with E-state index < -0.39 is 11.8 Å². The highest BCUT2D eigenvalue weighted by Gasteiger charge is 2.32. The Morgan fingerprint density at radius 3 is 2.33 bits per heavy atom. The number of allylic oxidation sites excluding steroid dienone is 1. The van der Waals surface area contributed by atoms with Crippen LogP contribution in [0.1, 0.15) is 32.3 Å². The number of carbonyl (C=O) groups is 1. The highest BCUT2D eigenvalue weighted by Crippen LogP contribution is 2.39. The largest absolute Gasteiger partial charge is 0.503 e. The second-order valence-electron chi connectivity index (χ2n) is 5.34. The Balaban J connectivity index is 0.000000491. The van der Waals surface area contributed by atoms with Crippen LogP contribution in [0, 0.1) is 5.92 Å². The van der Waals surface area contributed by atoms with E-state index in [2.05, 4.69) is 13.8 Å². The van der Waals surface area contributed by atoms with E-state index in [4.69, 9.17) is 38.2 Å². The van der Waals surface area contributed by atoms with Crippen LogP contribution in [0.5, 0.6) is 0 Å². The molecule has 0 amide bonds. The van der Waals surface area contributed by atoms with Gasteiger partial charge in [-0.1, -0.05) is 41.8 Å². The normalized spacial score (nSPS) is 24.6. The van der Waals surface area contributed by atoms with Gasteiger partial charge in [0.25, 0.3) is 0 Å². The summed E-state index contributed by atoms with van der Waals surface area (Å²) in [4.78, 5) is 8.56. The molecule has 1 aromatic carbocycles. The Morgan fingerprint density at radius 1 is 1.29 bits per heavy atom. The van der Waals surface area contributed by atoms with Gasteiger partial charge in [0, 0.05) is 0 Å². The molecule has 2 rings (SSSR count). The van der Waals surface area contributed by atoms with Crippen molar-refractivity contribution in [1.82, 2.24) is 0 Å². The summed E-state index contributed by atoms with van der Waals surface area (Å²) in [5.41, 5.74) is 1.13. The summed E-state index contributed by atoms with van der Waals surface area (Å²) in [6, 6.07) is 5.33. The summed E-state index contributed by atoms with van der Waals surface area (Å²) in [6.45, 7) is 4.21. The van der Waals surface area contributed by atoms with Crippen molar-refractivity contribution in [1.29, 1.82) is 0 Å². The average molecular weight is 333 g/mol. The monoisotopic (exact) mass is 332 g/mol. The first-order valence-electron chi connectivity index (χ1n) is 6.42. The third kappa shape index (κ3) is 5.23. The molecule has 2 atom stereocenters. The number of hydrogen-bond donors (Lipinski definition) is 3. The van der Waals surface area contributed by atoms with Crippen LogP contribution in [0.25, 0.3) is 0 Å². The molecule has 2 unspecified atom stereocenters. The van der Waals surface area contributed by atoms with Gasteiger partial charge in [0.15, 0.2) is 0 Å². The van der Waals surface area contributed by atoms with Crippen LogP contribution in [0.3, 0.4) is 0 Å². The van der Waals surface area contributed by atoms with Crippen molar-refractivity contribution in [3.8, 4) is 0 Å². The maximum absolute atomic E-state index is 10.7. The lowest BCUT2D eigenvalue weighted by atomic mass is 9.77. The quantitative estimate of drug-likeness (QED) is 0.646. The Bertz CT molecular complexity index is 553. The van der Waals surface area contributed by atoms with Gasteiger partial charge < -0.3 is 15.3 Å². The maximum atomic E-state index is 10.7. The summed E-state index contributed by atoms with van der Waals surface area (Å²) in [5.74, 6) is 0.472. The van der Waals surface area contributed by atoms with E-state index in [-0.39, 0.29) is 0 Å². The van der Waals surface area contributed by atoms with Gasteiger partial charge in [-0.25, -0.2) is 4.79 Å². The molecule has 0 fully saturated rings.